The standard InChI is InChI=1S/C15H22NO5P/c1-20-22(19,21-2)15-13-9-5-4-8-12(13)14(18)16(15)10-6-3-7-11-17/h4-5,8-9,15,17H,3,6-7,10-11H2,1-2H3. The van der Waals surface area contributed by atoms with Crippen LogP contribution in [0.25, 0.3) is 0 Å². The van der Waals surface area contributed by atoms with Crippen LogP contribution in [-0.4, -0.2) is 43.3 Å². The molecule has 1 aromatic rings. The van der Waals surface area contributed by atoms with E-state index in [0.717, 1.165) is 12.8 Å². The lowest BCUT2D eigenvalue weighted by atomic mass is 10.1. The van der Waals surface area contributed by atoms with Gasteiger partial charge in [0.15, 0.2) is 5.78 Å². The molecule has 0 fully saturated rings. The van der Waals surface area contributed by atoms with E-state index in [0.29, 0.717) is 24.1 Å². The first-order valence-electron chi connectivity index (χ1n) is 7.31. The van der Waals surface area contributed by atoms with Crippen molar-refractivity contribution in [3.05, 3.63) is 35.4 Å². The molecule has 0 radical (unpaired) electrons. The topological polar surface area (TPSA) is 76.1 Å². The van der Waals surface area contributed by atoms with Gasteiger partial charge >= 0.3 is 7.60 Å². The van der Waals surface area contributed by atoms with Crippen molar-refractivity contribution in [3.63, 3.8) is 0 Å². The maximum absolute atomic E-state index is 12.9. The third kappa shape index (κ3) is 3.10. The van der Waals surface area contributed by atoms with Crippen LogP contribution in [0.3, 0.4) is 0 Å². The molecule has 1 aliphatic rings. The Morgan fingerprint density at radius 3 is 2.50 bits per heavy atom. The van der Waals surface area contributed by atoms with Gasteiger partial charge in [-0.25, -0.2) is 0 Å². The number of fused-ring (bicyclic) bond motifs is 1. The van der Waals surface area contributed by atoms with Gasteiger partial charge in [-0.15, -0.1) is 0 Å². The van der Waals surface area contributed by atoms with Crippen LogP contribution < -0.4 is 0 Å². The van der Waals surface area contributed by atoms with Crippen molar-refractivity contribution in [2.75, 3.05) is 27.4 Å². The van der Waals surface area contributed by atoms with E-state index in [4.69, 9.17) is 14.2 Å². The van der Waals surface area contributed by atoms with Crippen LogP contribution in [-0.2, 0) is 13.6 Å². The Morgan fingerprint density at radius 2 is 1.86 bits per heavy atom. The van der Waals surface area contributed by atoms with E-state index in [9.17, 15) is 9.36 Å². The molecule has 0 aromatic heterocycles. The van der Waals surface area contributed by atoms with E-state index in [2.05, 4.69) is 0 Å². The molecule has 1 amide bonds. The summed E-state index contributed by atoms with van der Waals surface area (Å²) < 4.78 is 23.1. The highest BCUT2D eigenvalue weighted by molar-refractivity contribution is 7.54. The van der Waals surface area contributed by atoms with Crippen molar-refractivity contribution in [1.82, 2.24) is 4.90 Å². The molecule has 0 saturated heterocycles. The molecule has 1 heterocycles. The molecular weight excluding hydrogens is 305 g/mol. The number of benzene rings is 1. The van der Waals surface area contributed by atoms with Crippen LogP contribution >= 0.6 is 7.60 Å². The fourth-order valence-electron chi connectivity index (χ4n) is 2.76. The lowest BCUT2D eigenvalue weighted by Gasteiger charge is -2.29. The maximum atomic E-state index is 12.9. The van der Waals surface area contributed by atoms with Crippen LogP contribution in [0.1, 0.15) is 41.0 Å². The minimum atomic E-state index is -3.45. The molecule has 122 valence electrons. The first-order valence-corrected chi connectivity index (χ1v) is 8.92. The first kappa shape index (κ1) is 17.2. The highest BCUT2D eigenvalue weighted by Gasteiger charge is 2.48. The lowest BCUT2D eigenvalue weighted by molar-refractivity contribution is 0.0742. The fraction of sp³-hybridized carbons (Fsp3) is 0.533. The molecule has 0 spiro atoms. The second-order valence-corrected chi connectivity index (χ2v) is 7.45. The first-order chi connectivity index (χ1) is 10.6. The Labute approximate surface area is 130 Å². The highest BCUT2D eigenvalue weighted by Crippen LogP contribution is 2.63. The number of unbranched alkanes of at least 4 members (excludes halogenated alkanes) is 2. The summed E-state index contributed by atoms with van der Waals surface area (Å²) in [7, 11) is -0.789. The third-order valence-electron chi connectivity index (χ3n) is 3.89. The molecule has 7 heteroatoms. The van der Waals surface area contributed by atoms with E-state index in [-0.39, 0.29) is 12.5 Å². The summed E-state index contributed by atoms with van der Waals surface area (Å²) >= 11 is 0. The number of amides is 1. The number of hydrogen-bond acceptors (Lipinski definition) is 5. The van der Waals surface area contributed by atoms with Crippen LogP contribution in [0.5, 0.6) is 0 Å². The number of aliphatic hydroxyl groups excluding tert-OH is 1. The number of aliphatic hydroxyl groups is 1. The number of nitrogens with zero attached hydrogens (tertiary/aromatic N) is 1. The predicted molar refractivity (Wildman–Crippen MR) is 82.8 cm³/mol. The molecule has 1 unspecified atom stereocenters. The monoisotopic (exact) mass is 327 g/mol. The van der Waals surface area contributed by atoms with Gasteiger partial charge in [0, 0.05) is 32.9 Å². The molecule has 1 atom stereocenters. The third-order valence-corrected chi connectivity index (χ3v) is 6.07. The zero-order chi connectivity index (χ0) is 16.2. The molecule has 6 nitrogen and oxygen atoms in total. The zero-order valence-electron chi connectivity index (χ0n) is 12.9. The van der Waals surface area contributed by atoms with E-state index >= 15 is 0 Å². The summed E-state index contributed by atoms with van der Waals surface area (Å²) in [5.74, 6) is -0.862. The fourth-order valence-corrected chi connectivity index (χ4v) is 4.44. The van der Waals surface area contributed by atoms with E-state index < -0.39 is 13.4 Å². The smallest absolute Gasteiger partial charge is 0.357 e. The summed E-state index contributed by atoms with van der Waals surface area (Å²) in [6.45, 7) is 0.584. The average Bonchev–Trinajstić information content (AvgIpc) is 2.84. The van der Waals surface area contributed by atoms with Crippen molar-refractivity contribution in [3.8, 4) is 0 Å². The van der Waals surface area contributed by atoms with Gasteiger partial charge < -0.3 is 19.1 Å². The van der Waals surface area contributed by atoms with Gasteiger partial charge in [-0.05, 0) is 30.9 Å². The number of rotatable bonds is 8. The van der Waals surface area contributed by atoms with Crippen LogP contribution in [0.4, 0.5) is 0 Å². The molecule has 1 aliphatic heterocycles. The van der Waals surface area contributed by atoms with Gasteiger partial charge in [0.1, 0.15) is 0 Å². The van der Waals surface area contributed by atoms with Gasteiger partial charge in [-0.3, -0.25) is 9.36 Å². The predicted octanol–water partition coefficient (Wildman–Crippen LogP) is 2.79. The summed E-state index contributed by atoms with van der Waals surface area (Å²) in [5.41, 5.74) is 1.23. The Bertz CT molecular complexity index is 569. The SMILES string of the molecule is COP(=O)(OC)C1c2ccccc2C(=O)N1CCCCCO. The average molecular weight is 327 g/mol. The van der Waals surface area contributed by atoms with Gasteiger partial charge in [-0.1, -0.05) is 18.2 Å². The van der Waals surface area contributed by atoms with Crippen molar-refractivity contribution >= 4 is 13.5 Å². The Kier molecular flexibility index (Phi) is 5.75. The van der Waals surface area contributed by atoms with Gasteiger partial charge in [0.2, 0.25) is 0 Å². The highest BCUT2D eigenvalue weighted by atomic mass is 31.2. The summed E-state index contributed by atoms with van der Waals surface area (Å²) in [6, 6.07) is 7.11. The van der Waals surface area contributed by atoms with Gasteiger partial charge in [-0.2, -0.15) is 0 Å². The number of carbonyl (C=O) groups is 1. The zero-order valence-corrected chi connectivity index (χ0v) is 13.8. The Balaban J connectivity index is 2.31. The molecule has 0 saturated carbocycles. The van der Waals surface area contributed by atoms with Crippen LogP contribution in [0, 0.1) is 0 Å². The van der Waals surface area contributed by atoms with Crippen molar-refractivity contribution in [1.29, 1.82) is 0 Å². The lowest BCUT2D eigenvalue weighted by Crippen LogP contribution is -2.29. The molecular formula is C15H22NO5P. The minimum Gasteiger partial charge on any atom is -0.396 e. The van der Waals surface area contributed by atoms with Crippen LogP contribution in [0.15, 0.2) is 24.3 Å². The molecule has 0 bridgehead atoms. The normalized spacial score (nSPS) is 17.9. The van der Waals surface area contributed by atoms with Gasteiger partial charge in [0.25, 0.3) is 5.91 Å². The summed E-state index contributed by atoms with van der Waals surface area (Å²) in [5, 5.41) is 8.84. The maximum Gasteiger partial charge on any atom is 0.357 e. The molecule has 22 heavy (non-hydrogen) atoms. The molecule has 2 rings (SSSR count). The van der Waals surface area contributed by atoms with Crippen molar-refractivity contribution in [2.45, 2.75) is 25.0 Å². The molecule has 1 aromatic carbocycles. The van der Waals surface area contributed by atoms with E-state index in [1.54, 1.807) is 23.1 Å². The van der Waals surface area contributed by atoms with Gasteiger partial charge in [0.05, 0.1) is 0 Å². The van der Waals surface area contributed by atoms with E-state index in [1.807, 2.05) is 6.07 Å². The minimum absolute atomic E-state index is 0.131. The largest absolute Gasteiger partial charge is 0.396 e. The van der Waals surface area contributed by atoms with Crippen molar-refractivity contribution < 1.29 is 23.5 Å². The Hall–Kier alpha value is -1.20. The Morgan fingerprint density at radius 1 is 1.18 bits per heavy atom. The summed E-state index contributed by atoms with van der Waals surface area (Å²) in [6.07, 6.45) is 2.21. The quantitative estimate of drug-likeness (QED) is 0.587. The van der Waals surface area contributed by atoms with E-state index in [1.165, 1.54) is 14.2 Å². The van der Waals surface area contributed by atoms with Crippen molar-refractivity contribution in [2.24, 2.45) is 0 Å². The second kappa shape index (κ2) is 7.38. The van der Waals surface area contributed by atoms with Crippen LogP contribution in [0.2, 0.25) is 0 Å². The molecule has 0 aliphatic carbocycles. The number of hydrogen-bond donors (Lipinski definition) is 1. The second-order valence-electron chi connectivity index (χ2n) is 5.15. The summed E-state index contributed by atoms with van der Waals surface area (Å²) in [4.78, 5) is 14.2. The number of carbonyl (C=O) groups excluding carboxylic acids is 1. The molecule has 1 N–H and O–H groups in total.